The summed E-state index contributed by atoms with van der Waals surface area (Å²) in [5, 5.41) is 0.755. The van der Waals surface area contributed by atoms with Crippen LogP contribution in [0, 0.1) is 0 Å². The fraction of sp³-hybridized carbons (Fsp3) is 0. The average Bonchev–Trinajstić information content (AvgIpc) is 2.83. The van der Waals surface area contributed by atoms with Crippen molar-refractivity contribution in [2.75, 3.05) is 0 Å². The highest BCUT2D eigenvalue weighted by Crippen LogP contribution is 2.23. The SMILES string of the molecule is Clc1ccc(C=Cc2ccc(C=CC=C(c3ccccc3)c3ccccc3)cc2)cc1. The Bertz CT molecular complexity index is 1140. The summed E-state index contributed by atoms with van der Waals surface area (Å²) in [6, 6.07) is 37.4. The molecule has 0 saturated carbocycles. The predicted octanol–water partition coefficient (Wildman–Crippen LogP) is 8.66. The van der Waals surface area contributed by atoms with Crippen LogP contribution in [-0.4, -0.2) is 0 Å². The molecule has 0 heterocycles. The van der Waals surface area contributed by atoms with E-state index in [9.17, 15) is 0 Å². The van der Waals surface area contributed by atoms with Gasteiger partial charge in [-0.1, -0.05) is 139 Å². The summed E-state index contributed by atoms with van der Waals surface area (Å²) in [4.78, 5) is 0. The minimum Gasteiger partial charge on any atom is -0.0843 e. The highest BCUT2D eigenvalue weighted by atomic mass is 35.5. The molecule has 0 amide bonds. The molecular formula is C30H23Cl. The molecule has 0 aromatic heterocycles. The number of hydrogen-bond acceptors (Lipinski definition) is 0. The van der Waals surface area contributed by atoms with Gasteiger partial charge >= 0.3 is 0 Å². The molecule has 0 saturated heterocycles. The molecular weight excluding hydrogens is 396 g/mol. The van der Waals surface area contributed by atoms with Gasteiger partial charge in [-0.2, -0.15) is 0 Å². The van der Waals surface area contributed by atoms with Gasteiger partial charge in [-0.25, -0.2) is 0 Å². The molecule has 4 aromatic rings. The molecule has 0 radical (unpaired) electrons. The van der Waals surface area contributed by atoms with E-state index < -0.39 is 0 Å². The summed E-state index contributed by atoms with van der Waals surface area (Å²) in [6.45, 7) is 0. The predicted molar refractivity (Wildman–Crippen MR) is 136 cm³/mol. The van der Waals surface area contributed by atoms with Crippen LogP contribution in [0.5, 0.6) is 0 Å². The lowest BCUT2D eigenvalue weighted by atomic mass is 9.97. The van der Waals surface area contributed by atoms with Gasteiger partial charge < -0.3 is 0 Å². The number of halogens is 1. The lowest BCUT2D eigenvalue weighted by Gasteiger charge is -2.07. The summed E-state index contributed by atoms with van der Waals surface area (Å²) in [5.41, 5.74) is 7.09. The maximum Gasteiger partial charge on any atom is 0.0406 e. The molecule has 0 aliphatic rings. The Morgan fingerprint density at radius 3 is 1.39 bits per heavy atom. The Labute approximate surface area is 189 Å². The third-order valence-corrected chi connectivity index (χ3v) is 5.25. The van der Waals surface area contributed by atoms with Crippen LogP contribution in [0.2, 0.25) is 5.02 Å². The van der Waals surface area contributed by atoms with E-state index in [-0.39, 0.29) is 0 Å². The smallest absolute Gasteiger partial charge is 0.0406 e. The van der Waals surface area contributed by atoms with Gasteiger partial charge in [-0.3, -0.25) is 0 Å². The molecule has 0 spiro atoms. The summed E-state index contributed by atoms with van der Waals surface area (Å²) < 4.78 is 0. The van der Waals surface area contributed by atoms with Gasteiger partial charge in [0, 0.05) is 5.02 Å². The molecule has 4 aromatic carbocycles. The molecule has 0 N–H and O–H groups in total. The van der Waals surface area contributed by atoms with E-state index in [1.54, 1.807) is 0 Å². The Morgan fingerprint density at radius 1 is 0.484 bits per heavy atom. The molecule has 150 valence electrons. The van der Waals surface area contributed by atoms with Gasteiger partial charge in [0.25, 0.3) is 0 Å². The fourth-order valence-electron chi connectivity index (χ4n) is 3.33. The Balaban J connectivity index is 1.50. The molecule has 1 heteroatoms. The van der Waals surface area contributed by atoms with E-state index in [0.29, 0.717) is 0 Å². The third-order valence-electron chi connectivity index (χ3n) is 5.00. The Kier molecular flexibility index (Phi) is 6.95. The molecule has 0 atom stereocenters. The second kappa shape index (κ2) is 10.4. The first-order valence-corrected chi connectivity index (χ1v) is 10.7. The lowest BCUT2D eigenvalue weighted by molar-refractivity contribution is 1.55. The minimum absolute atomic E-state index is 0.755. The number of rotatable bonds is 6. The van der Waals surface area contributed by atoms with Gasteiger partial charge in [0.05, 0.1) is 0 Å². The zero-order valence-electron chi connectivity index (χ0n) is 17.2. The number of benzene rings is 4. The summed E-state index contributed by atoms with van der Waals surface area (Å²) in [7, 11) is 0. The molecule has 0 bridgehead atoms. The summed E-state index contributed by atoms with van der Waals surface area (Å²) >= 11 is 5.94. The van der Waals surface area contributed by atoms with Crippen molar-refractivity contribution in [3.05, 3.63) is 154 Å². The monoisotopic (exact) mass is 418 g/mol. The number of allylic oxidation sites excluding steroid dienone is 2. The van der Waals surface area contributed by atoms with Crippen LogP contribution in [0.4, 0.5) is 0 Å². The van der Waals surface area contributed by atoms with Crippen LogP contribution in [0.15, 0.2) is 121 Å². The first kappa shape index (κ1) is 20.7. The first-order valence-electron chi connectivity index (χ1n) is 10.3. The van der Waals surface area contributed by atoms with E-state index in [4.69, 9.17) is 11.6 Å². The molecule has 0 aliphatic carbocycles. The van der Waals surface area contributed by atoms with Crippen molar-refractivity contribution >= 4 is 35.4 Å². The van der Waals surface area contributed by atoms with Gasteiger partial charge in [0.15, 0.2) is 0 Å². The summed E-state index contributed by atoms with van der Waals surface area (Å²) in [6.07, 6.45) is 10.6. The maximum atomic E-state index is 5.94. The van der Waals surface area contributed by atoms with Crippen molar-refractivity contribution < 1.29 is 0 Å². The zero-order valence-corrected chi connectivity index (χ0v) is 17.9. The van der Waals surface area contributed by atoms with E-state index in [1.165, 1.54) is 22.3 Å². The largest absolute Gasteiger partial charge is 0.0843 e. The molecule has 0 aliphatic heterocycles. The van der Waals surface area contributed by atoms with E-state index in [1.807, 2.05) is 36.4 Å². The second-order valence-electron chi connectivity index (χ2n) is 7.22. The van der Waals surface area contributed by atoms with Crippen LogP contribution >= 0.6 is 11.6 Å². The van der Waals surface area contributed by atoms with Crippen molar-refractivity contribution in [2.24, 2.45) is 0 Å². The Morgan fingerprint density at radius 2 is 0.903 bits per heavy atom. The maximum absolute atomic E-state index is 5.94. The van der Waals surface area contributed by atoms with E-state index in [0.717, 1.165) is 16.1 Å². The zero-order chi connectivity index (χ0) is 21.3. The second-order valence-corrected chi connectivity index (χ2v) is 7.66. The van der Waals surface area contributed by atoms with Gasteiger partial charge in [-0.15, -0.1) is 0 Å². The third kappa shape index (κ3) is 5.94. The highest BCUT2D eigenvalue weighted by Gasteiger charge is 2.02. The van der Waals surface area contributed by atoms with Crippen molar-refractivity contribution in [3.8, 4) is 0 Å². The standard InChI is InChI=1S/C30H23Cl/c31-29-22-20-26(21-23-29)19-18-25-16-14-24(15-17-25)8-7-13-30(27-9-3-1-4-10-27)28-11-5-2-6-12-28/h1-23H. The molecule has 0 unspecified atom stereocenters. The van der Waals surface area contributed by atoms with Crippen molar-refractivity contribution in [1.82, 2.24) is 0 Å². The number of hydrogen-bond donors (Lipinski definition) is 0. The van der Waals surface area contributed by atoms with Crippen LogP contribution in [0.1, 0.15) is 27.8 Å². The van der Waals surface area contributed by atoms with Gasteiger partial charge in [0.2, 0.25) is 0 Å². The molecule has 0 nitrogen and oxygen atoms in total. The summed E-state index contributed by atoms with van der Waals surface area (Å²) in [5.74, 6) is 0. The van der Waals surface area contributed by atoms with Gasteiger partial charge in [0.1, 0.15) is 0 Å². The first-order chi connectivity index (χ1) is 15.3. The van der Waals surface area contributed by atoms with Crippen molar-refractivity contribution in [3.63, 3.8) is 0 Å². The van der Waals surface area contributed by atoms with Crippen LogP contribution in [-0.2, 0) is 0 Å². The molecule has 0 fully saturated rings. The van der Waals surface area contributed by atoms with Gasteiger partial charge in [-0.05, 0) is 45.5 Å². The van der Waals surface area contributed by atoms with E-state index >= 15 is 0 Å². The van der Waals surface area contributed by atoms with Crippen LogP contribution in [0.25, 0.3) is 23.8 Å². The minimum atomic E-state index is 0.755. The van der Waals surface area contributed by atoms with E-state index in [2.05, 4.69) is 103 Å². The van der Waals surface area contributed by atoms with Crippen LogP contribution in [0.3, 0.4) is 0 Å². The molecule has 4 rings (SSSR count). The average molecular weight is 419 g/mol. The fourth-order valence-corrected chi connectivity index (χ4v) is 3.46. The van der Waals surface area contributed by atoms with Crippen LogP contribution < -0.4 is 0 Å². The van der Waals surface area contributed by atoms with Crippen molar-refractivity contribution in [2.45, 2.75) is 0 Å². The van der Waals surface area contributed by atoms with Crippen molar-refractivity contribution in [1.29, 1.82) is 0 Å². The Hall–Kier alpha value is -3.61. The normalized spacial score (nSPS) is 11.1. The topological polar surface area (TPSA) is 0 Å². The quantitative estimate of drug-likeness (QED) is 0.217. The lowest BCUT2D eigenvalue weighted by Crippen LogP contribution is -1.86. The molecule has 31 heavy (non-hydrogen) atoms. The highest BCUT2D eigenvalue weighted by molar-refractivity contribution is 6.30.